The molecule has 2 N–H and O–H groups in total. The van der Waals surface area contributed by atoms with Gasteiger partial charge in [-0.25, -0.2) is 0 Å². The van der Waals surface area contributed by atoms with E-state index in [1.165, 1.54) is 0 Å². The molecule has 3 nitrogen and oxygen atoms in total. The fraction of sp³-hybridized carbons (Fsp3) is 0.500. The van der Waals surface area contributed by atoms with Gasteiger partial charge in [0.05, 0.1) is 0 Å². The number of nitrogens with two attached hydrogens (primary N) is 1. The van der Waals surface area contributed by atoms with Crippen LogP contribution in [0.3, 0.4) is 0 Å². The van der Waals surface area contributed by atoms with Gasteiger partial charge in [-0.15, -0.1) is 0 Å². The molecule has 0 aliphatic carbocycles. The summed E-state index contributed by atoms with van der Waals surface area (Å²) < 4.78 is 0.973. The normalized spacial score (nSPS) is 11.4. The molecule has 0 saturated carbocycles. The number of halogens is 1. The zero-order valence-electron chi connectivity index (χ0n) is 11.5. The van der Waals surface area contributed by atoms with Crippen molar-refractivity contribution in [1.29, 1.82) is 0 Å². The van der Waals surface area contributed by atoms with Crippen molar-refractivity contribution >= 4 is 27.5 Å². The van der Waals surface area contributed by atoms with Crippen LogP contribution in [0.15, 0.2) is 22.7 Å². The Balaban J connectivity index is 2.90. The molecule has 0 unspecified atom stereocenters. The van der Waals surface area contributed by atoms with Crippen molar-refractivity contribution < 1.29 is 4.79 Å². The standard InChI is InChI=1S/C14H21BrN2O/c1-10-5-6-11(15)7-12(10)17(4)13(18)8-14(2,3)9-16/h5-7H,8-9,16H2,1-4H3. The van der Waals surface area contributed by atoms with E-state index in [9.17, 15) is 4.79 Å². The average molecular weight is 313 g/mol. The SMILES string of the molecule is Cc1ccc(Br)cc1N(C)C(=O)CC(C)(C)CN. The molecule has 0 aromatic heterocycles. The van der Waals surface area contributed by atoms with Gasteiger partial charge in [-0.3, -0.25) is 4.79 Å². The van der Waals surface area contributed by atoms with Crippen LogP contribution in [0.2, 0.25) is 0 Å². The molecule has 0 aliphatic heterocycles. The lowest BCUT2D eigenvalue weighted by molar-refractivity contribution is -0.120. The van der Waals surface area contributed by atoms with Gasteiger partial charge in [-0.1, -0.05) is 35.8 Å². The molecule has 0 heterocycles. The van der Waals surface area contributed by atoms with Gasteiger partial charge < -0.3 is 10.6 Å². The maximum Gasteiger partial charge on any atom is 0.227 e. The van der Waals surface area contributed by atoms with Crippen molar-refractivity contribution in [2.45, 2.75) is 27.2 Å². The molecule has 0 atom stereocenters. The minimum absolute atomic E-state index is 0.0895. The van der Waals surface area contributed by atoms with Gasteiger partial charge in [0.15, 0.2) is 0 Å². The first-order valence-electron chi connectivity index (χ1n) is 5.99. The van der Waals surface area contributed by atoms with Crippen LogP contribution in [0.4, 0.5) is 5.69 Å². The minimum Gasteiger partial charge on any atom is -0.330 e. The third-order valence-corrected chi connectivity index (χ3v) is 3.58. The number of aryl methyl sites for hydroxylation is 1. The van der Waals surface area contributed by atoms with Crippen molar-refractivity contribution in [1.82, 2.24) is 0 Å². The summed E-state index contributed by atoms with van der Waals surface area (Å²) in [6.07, 6.45) is 0.450. The number of carbonyl (C=O) groups is 1. The summed E-state index contributed by atoms with van der Waals surface area (Å²) in [6, 6.07) is 5.93. The summed E-state index contributed by atoms with van der Waals surface area (Å²) >= 11 is 3.43. The maximum atomic E-state index is 12.2. The Morgan fingerprint density at radius 2 is 2.06 bits per heavy atom. The van der Waals surface area contributed by atoms with Gasteiger partial charge in [0.1, 0.15) is 0 Å². The molecule has 1 aromatic rings. The smallest absolute Gasteiger partial charge is 0.227 e. The van der Waals surface area contributed by atoms with Crippen molar-refractivity contribution in [3.8, 4) is 0 Å². The summed E-state index contributed by atoms with van der Waals surface area (Å²) in [4.78, 5) is 13.9. The lowest BCUT2D eigenvalue weighted by Crippen LogP contribution is -2.34. The highest BCUT2D eigenvalue weighted by Gasteiger charge is 2.23. The molecule has 0 aliphatic rings. The Bertz CT molecular complexity index is 443. The summed E-state index contributed by atoms with van der Waals surface area (Å²) in [5.41, 5.74) is 7.52. The second-order valence-corrected chi connectivity index (χ2v) is 6.34. The summed E-state index contributed by atoms with van der Waals surface area (Å²) in [5, 5.41) is 0. The topological polar surface area (TPSA) is 46.3 Å². The minimum atomic E-state index is -0.161. The predicted molar refractivity (Wildman–Crippen MR) is 79.7 cm³/mol. The molecular formula is C14H21BrN2O. The number of hydrogen-bond donors (Lipinski definition) is 1. The molecule has 0 fully saturated rings. The van der Waals surface area contributed by atoms with Gasteiger partial charge in [0.25, 0.3) is 0 Å². The average Bonchev–Trinajstić information content (AvgIpc) is 2.31. The lowest BCUT2D eigenvalue weighted by Gasteiger charge is -2.26. The van der Waals surface area contributed by atoms with E-state index in [0.29, 0.717) is 13.0 Å². The molecule has 18 heavy (non-hydrogen) atoms. The molecule has 0 spiro atoms. The first kappa shape index (κ1) is 15.2. The Morgan fingerprint density at radius 3 is 2.61 bits per heavy atom. The highest BCUT2D eigenvalue weighted by molar-refractivity contribution is 9.10. The molecule has 1 rings (SSSR count). The van der Waals surface area contributed by atoms with Crippen molar-refractivity contribution in [2.24, 2.45) is 11.1 Å². The number of anilines is 1. The zero-order chi connectivity index (χ0) is 13.9. The highest BCUT2D eigenvalue weighted by atomic mass is 79.9. The van der Waals surface area contributed by atoms with E-state index in [-0.39, 0.29) is 11.3 Å². The van der Waals surface area contributed by atoms with Gasteiger partial charge in [0, 0.05) is 23.6 Å². The molecular weight excluding hydrogens is 292 g/mol. The first-order valence-corrected chi connectivity index (χ1v) is 6.79. The van der Waals surface area contributed by atoms with E-state index < -0.39 is 0 Å². The number of carbonyl (C=O) groups excluding carboxylic acids is 1. The molecule has 0 radical (unpaired) electrons. The van der Waals surface area contributed by atoms with Gasteiger partial charge >= 0.3 is 0 Å². The molecule has 1 amide bonds. The van der Waals surface area contributed by atoms with Crippen molar-refractivity contribution in [3.63, 3.8) is 0 Å². The number of benzene rings is 1. The van der Waals surface area contributed by atoms with Crippen LogP contribution in [-0.2, 0) is 4.79 Å². The zero-order valence-corrected chi connectivity index (χ0v) is 13.0. The van der Waals surface area contributed by atoms with E-state index in [0.717, 1.165) is 15.7 Å². The predicted octanol–water partition coefficient (Wildman–Crippen LogP) is 3.10. The van der Waals surface area contributed by atoms with Crippen LogP contribution < -0.4 is 10.6 Å². The monoisotopic (exact) mass is 312 g/mol. The lowest BCUT2D eigenvalue weighted by atomic mass is 9.89. The van der Waals surface area contributed by atoms with Crippen molar-refractivity contribution in [3.05, 3.63) is 28.2 Å². The molecule has 0 bridgehead atoms. The quantitative estimate of drug-likeness (QED) is 0.928. The first-order chi connectivity index (χ1) is 8.26. The Kier molecular flexibility index (Phi) is 4.93. The molecule has 1 aromatic carbocycles. The Hall–Kier alpha value is -0.870. The maximum absolute atomic E-state index is 12.2. The van der Waals surface area contributed by atoms with Crippen LogP contribution in [0.25, 0.3) is 0 Å². The second kappa shape index (κ2) is 5.85. The Morgan fingerprint density at radius 1 is 1.44 bits per heavy atom. The van der Waals surface area contributed by atoms with Crippen LogP contribution in [-0.4, -0.2) is 19.5 Å². The third kappa shape index (κ3) is 3.82. The second-order valence-electron chi connectivity index (χ2n) is 5.43. The van der Waals surface area contributed by atoms with E-state index >= 15 is 0 Å². The summed E-state index contributed by atoms with van der Waals surface area (Å²) in [5.74, 6) is 0.0895. The molecule has 100 valence electrons. The number of hydrogen-bond acceptors (Lipinski definition) is 2. The summed E-state index contributed by atoms with van der Waals surface area (Å²) in [7, 11) is 1.81. The van der Waals surface area contributed by atoms with Crippen LogP contribution in [0.1, 0.15) is 25.8 Å². The summed E-state index contributed by atoms with van der Waals surface area (Å²) in [6.45, 7) is 6.52. The fourth-order valence-corrected chi connectivity index (χ4v) is 2.03. The van der Waals surface area contributed by atoms with E-state index in [1.807, 2.05) is 46.0 Å². The van der Waals surface area contributed by atoms with Gasteiger partial charge in [0.2, 0.25) is 5.91 Å². The largest absolute Gasteiger partial charge is 0.330 e. The Labute approximate surface area is 117 Å². The molecule has 4 heteroatoms. The van der Waals surface area contributed by atoms with Gasteiger partial charge in [-0.2, -0.15) is 0 Å². The van der Waals surface area contributed by atoms with Crippen molar-refractivity contribution in [2.75, 3.05) is 18.5 Å². The number of amides is 1. The number of rotatable bonds is 4. The van der Waals surface area contributed by atoms with Crippen LogP contribution >= 0.6 is 15.9 Å². The molecule has 0 saturated heterocycles. The van der Waals surface area contributed by atoms with E-state index in [4.69, 9.17) is 5.73 Å². The fourth-order valence-electron chi connectivity index (χ4n) is 1.68. The third-order valence-electron chi connectivity index (χ3n) is 3.09. The van der Waals surface area contributed by atoms with E-state index in [1.54, 1.807) is 4.90 Å². The highest BCUT2D eigenvalue weighted by Crippen LogP contribution is 2.26. The van der Waals surface area contributed by atoms with Crippen LogP contribution in [0.5, 0.6) is 0 Å². The van der Waals surface area contributed by atoms with Gasteiger partial charge in [-0.05, 0) is 36.6 Å². The number of nitrogens with zero attached hydrogens (tertiary/aromatic N) is 1. The van der Waals surface area contributed by atoms with Crippen LogP contribution in [0, 0.1) is 12.3 Å². The van der Waals surface area contributed by atoms with E-state index in [2.05, 4.69) is 15.9 Å².